The molecule has 0 aliphatic heterocycles. The molecule has 4 aliphatic carbocycles. The molecule has 0 radical (unpaired) electrons. The van der Waals surface area contributed by atoms with Crippen LogP contribution in [0.15, 0.2) is 49.6 Å². The van der Waals surface area contributed by atoms with Gasteiger partial charge in [0.15, 0.2) is 0 Å². The molecular formula is C25H38. The van der Waals surface area contributed by atoms with Crippen LogP contribution in [0.5, 0.6) is 0 Å². The van der Waals surface area contributed by atoms with Gasteiger partial charge in [0, 0.05) is 0 Å². The highest BCUT2D eigenvalue weighted by Crippen LogP contribution is 2.49. The van der Waals surface area contributed by atoms with Gasteiger partial charge in [0.25, 0.3) is 0 Å². The van der Waals surface area contributed by atoms with Gasteiger partial charge in [-0.2, -0.15) is 0 Å². The number of hydrogen-bond donors (Lipinski definition) is 0. The summed E-state index contributed by atoms with van der Waals surface area (Å²) in [5.41, 5.74) is 0. The summed E-state index contributed by atoms with van der Waals surface area (Å²) in [6, 6.07) is 0. The molecule has 2 fully saturated rings. The van der Waals surface area contributed by atoms with Gasteiger partial charge in [-0.1, -0.05) is 57.2 Å². The number of fused-ring (bicyclic) bond motifs is 4. The summed E-state index contributed by atoms with van der Waals surface area (Å²) in [5, 5.41) is 0. The quantitative estimate of drug-likeness (QED) is 0.454. The molecule has 0 saturated heterocycles. The van der Waals surface area contributed by atoms with E-state index in [2.05, 4.69) is 70.4 Å². The zero-order valence-electron chi connectivity index (χ0n) is 16.6. The lowest BCUT2D eigenvalue weighted by Gasteiger charge is -2.32. The van der Waals surface area contributed by atoms with Crippen LogP contribution in [0.2, 0.25) is 0 Å². The summed E-state index contributed by atoms with van der Waals surface area (Å²) in [5.74, 6) is 7.79. The van der Waals surface area contributed by atoms with Crippen LogP contribution in [0.3, 0.4) is 0 Å². The number of hydrogen-bond acceptors (Lipinski definition) is 0. The minimum atomic E-state index is 0.656. The van der Waals surface area contributed by atoms with Crippen molar-refractivity contribution in [1.29, 1.82) is 0 Å². The molecule has 0 nitrogen and oxygen atoms in total. The Balaban J connectivity index is 0.000000157. The average molecular weight is 339 g/mol. The topological polar surface area (TPSA) is 0 Å². The molecule has 0 amide bonds. The van der Waals surface area contributed by atoms with Gasteiger partial charge in [-0.25, -0.2) is 0 Å². The largest absolute Gasteiger partial charge is 0.103 e. The summed E-state index contributed by atoms with van der Waals surface area (Å²) in [7, 11) is 0. The van der Waals surface area contributed by atoms with E-state index in [1.165, 1.54) is 32.1 Å². The highest BCUT2D eigenvalue weighted by Gasteiger charge is 2.40. The maximum Gasteiger partial charge on any atom is -0.0196 e. The maximum atomic E-state index is 3.92. The zero-order chi connectivity index (χ0) is 18.0. The third-order valence-corrected chi connectivity index (χ3v) is 7.92. The van der Waals surface area contributed by atoms with Gasteiger partial charge >= 0.3 is 0 Å². The molecule has 9 unspecified atom stereocenters. The van der Waals surface area contributed by atoms with E-state index in [0.717, 1.165) is 47.3 Å². The molecule has 4 aliphatic rings. The predicted octanol–water partition coefficient (Wildman–Crippen LogP) is 7.07. The first-order valence-electron chi connectivity index (χ1n) is 10.6. The standard InChI is InChI=1S/C15H24.C10H14/c1-5-10(2)11(3)12(4)15-9-13-6-7-14(15)8-13;1-2-3-9-6-8-4-5-10(9)7-8/h5-7,10-15H,1,8-9H2,2-4H3;2,4-5,8-10H,1,3,6-7H2. The van der Waals surface area contributed by atoms with Crippen LogP contribution in [0.4, 0.5) is 0 Å². The molecule has 0 aromatic rings. The lowest BCUT2D eigenvalue weighted by atomic mass is 9.73. The SMILES string of the molecule is C=CC(C)C(C)C(C)C1CC2C=CC1C2.C=CCC1CC2C=CC1C2. The van der Waals surface area contributed by atoms with Crippen molar-refractivity contribution in [2.75, 3.05) is 0 Å². The van der Waals surface area contributed by atoms with Crippen molar-refractivity contribution in [3.63, 3.8) is 0 Å². The third kappa shape index (κ3) is 4.04. The van der Waals surface area contributed by atoms with Crippen LogP contribution in [0.1, 0.15) is 52.9 Å². The molecule has 0 aromatic carbocycles. The van der Waals surface area contributed by atoms with E-state index in [0.29, 0.717) is 5.92 Å². The lowest BCUT2D eigenvalue weighted by Crippen LogP contribution is -2.25. The maximum absolute atomic E-state index is 3.92. The van der Waals surface area contributed by atoms with E-state index in [1.54, 1.807) is 0 Å². The predicted molar refractivity (Wildman–Crippen MR) is 110 cm³/mol. The van der Waals surface area contributed by atoms with Crippen molar-refractivity contribution in [2.45, 2.75) is 52.9 Å². The van der Waals surface area contributed by atoms with Gasteiger partial charge in [0.05, 0.1) is 0 Å². The molecule has 0 heteroatoms. The Morgan fingerprint density at radius 3 is 1.96 bits per heavy atom. The van der Waals surface area contributed by atoms with Crippen LogP contribution in [0, 0.1) is 53.3 Å². The van der Waals surface area contributed by atoms with E-state index >= 15 is 0 Å². The van der Waals surface area contributed by atoms with E-state index in [9.17, 15) is 0 Å². The van der Waals surface area contributed by atoms with Gasteiger partial charge in [-0.05, 0) is 85.4 Å². The molecule has 25 heavy (non-hydrogen) atoms. The monoisotopic (exact) mass is 338 g/mol. The molecule has 0 N–H and O–H groups in total. The molecular weight excluding hydrogens is 300 g/mol. The van der Waals surface area contributed by atoms with Gasteiger partial charge in [0.2, 0.25) is 0 Å². The van der Waals surface area contributed by atoms with Crippen molar-refractivity contribution < 1.29 is 0 Å². The second-order valence-electron chi connectivity index (χ2n) is 9.32. The molecule has 138 valence electrons. The lowest BCUT2D eigenvalue weighted by molar-refractivity contribution is 0.199. The van der Waals surface area contributed by atoms with Crippen molar-refractivity contribution in [1.82, 2.24) is 0 Å². The van der Waals surface area contributed by atoms with Gasteiger partial charge in [-0.3, -0.25) is 0 Å². The first kappa shape index (κ1) is 18.7. The Labute approximate surface area is 156 Å². The summed E-state index contributed by atoms with van der Waals surface area (Å²) in [6.07, 6.45) is 20.9. The molecule has 0 aromatic heterocycles. The Bertz CT molecular complexity index is 524. The van der Waals surface area contributed by atoms with Crippen LogP contribution in [-0.2, 0) is 0 Å². The van der Waals surface area contributed by atoms with Crippen molar-refractivity contribution >= 4 is 0 Å². The second-order valence-corrected chi connectivity index (χ2v) is 9.32. The minimum absolute atomic E-state index is 0.656. The normalized spacial score (nSPS) is 40.4. The van der Waals surface area contributed by atoms with E-state index in [1.807, 2.05) is 0 Å². The van der Waals surface area contributed by atoms with Crippen LogP contribution in [-0.4, -0.2) is 0 Å². The molecule has 4 bridgehead atoms. The fourth-order valence-electron chi connectivity index (χ4n) is 5.89. The fourth-order valence-corrected chi connectivity index (χ4v) is 5.89. The van der Waals surface area contributed by atoms with E-state index in [4.69, 9.17) is 0 Å². The van der Waals surface area contributed by atoms with E-state index in [-0.39, 0.29) is 0 Å². The Morgan fingerprint density at radius 1 is 0.880 bits per heavy atom. The highest BCUT2D eigenvalue weighted by atomic mass is 14.4. The van der Waals surface area contributed by atoms with Crippen LogP contribution in [0.25, 0.3) is 0 Å². The van der Waals surface area contributed by atoms with Crippen molar-refractivity contribution in [3.05, 3.63) is 49.6 Å². The zero-order valence-corrected chi connectivity index (χ0v) is 16.6. The first-order chi connectivity index (χ1) is 12.0. The molecule has 2 saturated carbocycles. The van der Waals surface area contributed by atoms with Crippen LogP contribution >= 0.6 is 0 Å². The van der Waals surface area contributed by atoms with Crippen molar-refractivity contribution in [2.24, 2.45) is 53.3 Å². The molecule has 0 heterocycles. The smallest absolute Gasteiger partial charge is 0.0196 e. The minimum Gasteiger partial charge on any atom is -0.103 e. The number of rotatable bonds is 6. The fraction of sp³-hybridized carbons (Fsp3) is 0.680. The second kappa shape index (κ2) is 8.11. The molecule has 4 rings (SSSR count). The highest BCUT2D eigenvalue weighted by molar-refractivity contribution is 5.11. The van der Waals surface area contributed by atoms with Gasteiger partial charge in [0.1, 0.15) is 0 Å². The summed E-state index contributed by atoms with van der Waals surface area (Å²) < 4.78 is 0. The average Bonchev–Trinajstić information content (AvgIpc) is 3.41. The molecule has 0 spiro atoms. The summed E-state index contributed by atoms with van der Waals surface area (Å²) in [6.45, 7) is 14.9. The Hall–Kier alpha value is -1.04. The van der Waals surface area contributed by atoms with Gasteiger partial charge in [-0.15, -0.1) is 13.2 Å². The Kier molecular flexibility index (Phi) is 6.08. The van der Waals surface area contributed by atoms with Crippen molar-refractivity contribution in [3.8, 4) is 0 Å². The van der Waals surface area contributed by atoms with Crippen LogP contribution < -0.4 is 0 Å². The first-order valence-corrected chi connectivity index (χ1v) is 10.6. The Morgan fingerprint density at radius 2 is 1.52 bits per heavy atom. The molecule has 9 atom stereocenters. The summed E-state index contributed by atoms with van der Waals surface area (Å²) >= 11 is 0. The van der Waals surface area contributed by atoms with Gasteiger partial charge < -0.3 is 0 Å². The summed E-state index contributed by atoms with van der Waals surface area (Å²) in [4.78, 5) is 0. The number of allylic oxidation sites excluding steroid dienone is 6. The third-order valence-electron chi connectivity index (χ3n) is 7.92. The van der Waals surface area contributed by atoms with E-state index < -0.39 is 0 Å².